The third kappa shape index (κ3) is 5.75. The summed E-state index contributed by atoms with van der Waals surface area (Å²) in [6.07, 6.45) is 5.11. The molecule has 1 heterocycles. The first kappa shape index (κ1) is 28.5. The van der Waals surface area contributed by atoms with Crippen LogP contribution in [0.2, 0.25) is 5.02 Å². The van der Waals surface area contributed by atoms with E-state index in [0.717, 1.165) is 25.8 Å². The summed E-state index contributed by atoms with van der Waals surface area (Å²) >= 11 is 6.41. The first-order valence-corrected chi connectivity index (χ1v) is 13.6. The SMILES string of the molecule is C=C[C@H](OC)[C@@H]1CC[C@H]1CNC[C@]1(COc2ccc(C(=O)OC)nc2F)C[C@H](C)[C@H](C)c2cc(Cl)ccc21. The van der Waals surface area contributed by atoms with Crippen molar-refractivity contribution in [3.8, 4) is 5.75 Å². The number of pyridine rings is 1. The summed E-state index contributed by atoms with van der Waals surface area (Å²) in [5.41, 5.74) is 1.87. The van der Waals surface area contributed by atoms with Gasteiger partial charge in [0, 0.05) is 24.1 Å². The van der Waals surface area contributed by atoms with Gasteiger partial charge < -0.3 is 19.5 Å². The van der Waals surface area contributed by atoms with E-state index in [1.165, 1.54) is 30.4 Å². The van der Waals surface area contributed by atoms with E-state index < -0.39 is 17.3 Å². The highest BCUT2D eigenvalue weighted by Crippen LogP contribution is 2.47. The average Bonchev–Trinajstić information content (AvgIpc) is 2.90. The molecule has 1 aromatic carbocycles. The predicted octanol–water partition coefficient (Wildman–Crippen LogP) is 5.94. The van der Waals surface area contributed by atoms with Crippen LogP contribution < -0.4 is 10.1 Å². The number of aromatic nitrogens is 1. The van der Waals surface area contributed by atoms with Crippen LogP contribution in [0.1, 0.15) is 60.6 Å². The fourth-order valence-corrected chi connectivity index (χ4v) is 6.33. The molecule has 2 aromatic rings. The number of benzene rings is 1. The second-order valence-electron chi connectivity index (χ2n) is 10.8. The van der Waals surface area contributed by atoms with Crippen molar-refractivity contribution in [1.82, 2.24) is 10.3 Å². The number of nitrogens with zero attached hydrogens (tertiary/aromatic N) is 1. The van der Waals surface area contributed by atoms with Crippen molar-refractivity contribution < 1.29 is 23.4 Å². The highest BCUT2D eigenvalue weighted by atomic mass is 35.5. The van der Waals surface area contributed by atoms with Crippen LogP contribution in [0.15, 0.2) is 43.0 Å². The van der Waals surface area contributed by atoms with Crippen LogP contribution in [0.5, 0.6) is 5.75 Å². The zero-order valence-electron chi connectivity index (χ0n) is 22.6. The van der Waals surface area contributed by atoms with Gasteiger partial charge >= 0.3 is 5.97 Å². The van der Waals surface area contributed by atoms with Crippen LogP contribution in [0.25, 0.3) is 0 Å². The molecular weight excluding hydrogens is 507 g/mol. The molecule has 0 unspecified atom stereocenters. The normalized spacial score (nSPS) is 27.1. The second-order valence-corrected chi connectivity index (χ2v) is 11.3. The lowest BCUT2D eigenvalue weighted by Gasteiger charge is -2.46. The maximum atomic E-state index is 14.8. The lowest BCUT2D eigenvalue weighted by atomic mass is 9.63. The highest BCUT2D eigenvalue weighted by molar-refractivity contribution is 6.30. The summed E-state index contributed by atoms with van der Waals surface area (Å²) in [7, 11) is 2.97. The summed E-state index contributed by atoms with van der Waals surface area (Å²) in [6.45, 7) is 10.2. The quantitative estimate of drug-likeness (QED) is 0.214. The van der Waals surface area contributed by atoms with Gasteiger partial charge in [0.25, 0.3) is 5.95 Å². The number of hydrogen-bond acceptors (Lipinski definition) is 6. The molecule has 8 heteroatoms. The van der Waals surface area contributed by atoms with E-state index in [-0.39, 0.29) is 24.2 Å². The van der Waals surface area contributed by atoms with Gasteiger partial charge in [-0.25, -0.2) is 9.78 Å². The van der Waals surface area contributed by atoms with Gasteiger partial charge in [0.2, 0.25) is 0 Å². The molecule has 4 rings (SSSR count). The zero-order valence-corrected chi connectivity index (χ0v) is 23.4. The Morgan fingerprint density at radius 3 is 2.71 bits per heavy atom. The molecule has 0 amide bonds. The Hall–Kier alpha value is -2.48. The van der Waals surface area contributed by atoms with Crippen molar-refractivity contribution in [2.24, 2.45) is 17.8 Å². The van der Waals surface area contributed by atoms with Crippen LogP contribution in [-0.2, 0) is 14.9 Å². The Bertz CT molecular complexity index is 1160. The molecular formula is C30H38ClFN2O4. The largest absolute Gasteiger partial charge is 0.488 e. The van der Waals surface area contributed by atoms with E-state index >= 15 is 0 Å². The molecule has 1 saturated carbocycles. The molecule has 1 fully saturated rings. The lowest BCUT2D eigenvalue weighted by Crippen LogP contribution is -2.50. The summed E-state index contributed by atoms with van der Waals surface area (Å²) in [6, 6.07) is 8.91. The van der Waals surface area contributed by atoms with Crippen molar-refractivity contribution in [3.63, 3.8) is 0 Å². The Labute approximate surface area is 229 Å². The van der Waals surface area contributed by atoms with Gasteiger partial charge in [0.1, 0.15) is 0 Å². The Morgan fingerprint density at radius 1 is 1.29 bits per heavy atom. The fraction of sp³-hybridized carbons (Fsp3) is 0.533. The molecule has 206 valence electrons. The maximum absolute atomic E-state index is 14.8. The van der Waals surface area contributed by atoms with E-state index in [1.807, 2.05) is 12.1 Å². The van der Waals surface area contributed by atoms with E-state index in [2.05, 4.69) is 47.6 Å². The number of carbonyl (C=O) groups is 1. The molecule has 6 nitrogen and oxygen atoms in total. The third-order valence-electron chi connectivity index (χ3n) is 8.63. The second kappa shape index (κ2) is 12.1. The molecule has 1 N–H and O–H groups in total. The van der Waals surface area contributed by atoms with Crippen molar-refractivity contribution in [2.75, 3.05) is 33.9 Å². The number of rotatable bonds is 11. The highest BCUT2D eigenvalue weighted by Gasteiger charge is 2.43. The number of esters is 1. The Kier molecular flexibility index (Phi) is 9.11. The minimum absolute atomic E-state index is 0.00629. The number of hydrogen-bond donors (Lipinski definition) is 1. The minimum Gasteiger partial charge on any atom is -0.488 e. The van der Waals surface area contributed by atoms with Crippen LogP contribution >= 0.6 is 11.6 Å². The minimum atomic E-state index is -0.836. The molecule has 2 aliphatic carbocycles. The number of halogens is 2. The van der Waals surface area contributed by atoms with Crippen molar-refractivity contribution >= 4 is 17.6 Å². The van der Waals surface area contributed by atoms with E-state index in [9.17, 15) is 9.18 Å². The van der Waals surface area contributed by atoms with Gasteiger partial charge in [0.15, 0.2) is 11.4 Å². The van der Waals surface area contributed by atoms with Gasteiger partial charge in [-0.1, -0.05) is 37.6 Å². The molecule has 0 radical (unpaired) electrons. The topological polar surface area (TPSA) is 69.7 Å². The lowest BCUT2D eigenvalue weighted by molar-refractivity contribution is 0.0104. The number of nitrogens with one attached hydrogen (secondary N) is 1. The van der Waals surface area contributed by atoms with Crippen molar-refractivity contribution in [3.05, 3.63) is 70.8 Å². The van der Waals surface area contributed by atoms with Crippen LogP contribution in [0.4, 0.5) is 4.39 Å². The number of fused-ring (bicyclic) bond motifs is 1. The Balaban J connectivity index is 1.58. The molecule has 6 atom stereocenters. The average molecular weight is 545 g/mol. The molecule has 0 bridgehead atoms. The molecule has 0 aliphatic heterocycles. The van der Waals surface area contributed by atoms with Crippen molar-refractivity contribution in [2.45, 2.75) is 50.5 Å². The number of ether oxygens (including phenoxy) is 3. The molecule has 2 aliphatic rings. The summed E-state index contributed by atoms with van der Waals surface area (Å²) in [5, 5.41) is 4.43. The van der Waals surface area contributed by atoms with E-state index in [4.69, 9.17) is 21.1 Å². The fourth-order valence-electron chi connectivity index (χ4n) is 6.14. The third-order valence-corrected chi connectivity index (χ3v) is 8.86. The summed E-state index contributed by atoms with van der Waals surface area (Å²) in [5.74, 6) is 0.143. The molecule has 1 aromatic heterocycles. The standard InChI is InChI=1S/C30H38ClFN2O4/c1-6-26(36-4)22-9-7-20(22)15-33-16-30(14-18(2)19(3)23-13-21(31)8-10-24(23)30)17-38-27-12-11-25(29(35)37-5)34-28(27)32/h6,8,10-13,18-20,22,26,33H,1,7,9,14-17H2,2-5H3/t18-,19-,20-,22+,26-,30-/m0/s1. The van der Waals surface area contributed by atoms with Gasteiger partial charge in [-0.05, 0) is 84.9 Å². The smallest absolute Gasteiger partial charge is 0.356 e. The van der Waals surface area contributed by atoms with Gasteiger partial charge in [-0.2, -0.15) is 4.39 Å². The maximum Gasteiger partial charge on any atom is 0.356 e. The van der Waals surface area contributed by atoms with Crippen LogP contribution in [-0.4, -0.2) is 51.0 Å². The van der Waals surface area contributed by atoms with E-state index in [1.54, 1.807) is 7.11 Å². The Morgan fingerprint density at radius 2 is 2.08 bits per heavy atom. The van der Waals surface area contributed by atoms with Gasteiger partial charge in [-0.3, -0.25) is 0 Å². The van der Waals surface area contributed by atoms with Crippen LogP contribution in [0.3, 0.4) is 0 Å². The predicted molar refractivity (Wildman–Crippen MR) is 146 cm³/mol. The van der Waals surface area contributed by atoms with Crippen LogP contribution in [0, 0.1) is 23.7 Å². The first-order chi connectivity index (χ1) is 18.2. The summed E-state index contributed by atoms with van der Waals surface area (Å²) < 4.78 is 31.2. The van der Waals surface area contributed by atoms with Crippen molar-refractivity contribution in [1.29, 1.82) is 0 Å². The molecule has 38 heavy (non-hydrogen) atoms. The molecule has 0 spiro atoms. The zero-order chi connectivity index (χ0) is 27.4. The van der Waals surface area contributed by atoms with E-state index in [0.29, 0.717) is 35.2 Å². The van der Waals surface area contributed by atoms with Gasteiger partial charge in [-0.15, -0.1) is 6.58 Å². The monoisotopic (exact) mass is 544 g/mol. The summed E-state index contributed by atoms with van der Waals surface area (Å²) in [4.78, 5) is 15.5. The number of methoxy groups -OCH3 is 2. The first-order valence-electron chi connectivity index (χ1n) is 13.3. The van der Waals surface area contributed by atoms with Gasteiger partial charge in [0.05, 0.1) is 19.8 Å². The number of carbonyl (C=O) groups excluding carboxylic acids is 1. The molecule has 0 saturated heterocycles.